The third-order valence-corrected chi connectivity index (χ3v) is 6.85. The number of aromatic nitrogens is 4. The number of ketones is 1. The lowest BCUT2D eigenvalue weighted by molar-refractivity contribution is 0.0993. The molecule has 0 aliphatic rings. The van der Waals surface area contributed by atoms with E-state index in [1.165, 1.54) is 16.3 Å². The fraction of sp³-hybridized carbons (Fsp3) is 0.217. The molecule has 0 aliphatic heterocycles. The second-order valence-corrected chi connectivity index (χ2v) is 9.17. The summed E-state index contributed by atoms with van der Waals surface area (Å²) in [6, 6.07) is 11.1. The summed E-state index contributed by atoms with van der Waals surface area (Å²) in [6.07, 6.45) is 3.39. The van der Waals surface area contributed by atoms with E-state index in [9.17, 15) is 9.59 Å². The van der Waals surface area contributed by atoms with Gasteiger partial charge in [0, 0.05) is 23.0 Å². The van der Waals surface area contributed by atoms with Crippen molar-refractivity contribution in [3.8, 4) is 5.69 Å². The molecule has 0 fully saturated rings. The Balaban J connectivity index is 1.66. The van der Waals surface area contributed by atoms with Crippen LogP contribution in [0.5, 0.6) is 0 Å². The smallest absolute Gasteiger partial charge is 0.293 e. The van der Waals surface area contributed by atoms with E-state index < -0.39 is 0 Å². The van der Waals surface area contributed by atoms with E-state index in [2.05, 4.69) is 10.2 Å². The molecule has 0 aliphatic carbocycles. The molecular weight excluding hydrogens is 432 g/mol. The lowest BCUT2D eigenvalue weighted by Crippen LogP contribution is -2.21. The summed E-state index contributed by atoms with van der Waals surface area (Å²) < 4.78 is 3.12. The summed E-state index contributed by atoms with van der Waals surface area (Å²) in [5.41, 5.74) is 4.26. The van der Waals surface area contributed by atoms with Crippen LogP contribution >= 0.6 is 23.4 Å². The van der Waals surface area contributed by atoms with Gasteiger partial charge in [-0.05, 0) is 62.6 Å². The van der Waals surface area contributed by atoms with Gasteiger partial charge in [-0.15, -0.1) is 10.2 Å². The molecule has 0 bridgehead atoms. The van der Waals surface area contributed by atoms with Crippen molar-refractivity contribution >= 4 is 34.8 Å². The molecule has 2 aromatic heterocycles. The molecule has 158 valence electrons. The second kappa shape index (κ2) is 8.32. The zero-order valence-corrected chi connectivity index (χ0v) is 19.2. The topological polar surface area (TPSA) is 69.3 Å². The number of rotatable bonds is 5. The Morgan fingerprint density at radius 1 is 1.06 bits per heavy atom. The number of hydrogen-bond donors (Lipinski definition) is 0. The number of halogens is 1. The van der Waals surface area contributed by atoms with Crippen LogP contribution in [0.25, 0.3) is 11.3 Å². The highest BCUT2D eigenvalue weighted by atomic mass is 35.5. The molecule has 0 radical (unpaired) electrons. The number of benzene rings is 2. The van der Waals surface area contributed by atoms with Crippen molar-refractivity contribution < 1.29 is 4.79 Å². The summed E-state index contributed by atoms with van der Waals surface area (Å²) in [4.78, 5) is 25.9. The number of thioether (sulfide) groups is 1. The van der Waals surface area contributed by atoms with Gasteiger partial charge in [-0.3, -0.25) is 18.6 Å². The van der Waals surface area contributed by atoms with Gasteiger partial charge in [0.1, 0.15) is 0 Å². The van der Waals surface area contributed by atoms with Gasteiger partial charge in [0.15, 0.2) is 10.9 Å². The van der Waals surface area contributed by atoms with Crippen LogP contribution in [-0.4, -0.2) is 30.2 Å². The zero-order chi connectivity index (χ0) is 22.3. The quantitative estimate of drug-likeness (QED) is 0.320. The maximum atomic E-state index is 13.0. The summed E-state index contributed by atoms with van der Waals surface area (Å²) >= 11 is 7.49. The predicted molar refractivity (Wildman–Crippen MR) is 124 cm³/mol. The lowest BCUT2D eigenvalue weighted by Gasteiger charge is -2.12. The number of aryl methyl sites for hydroxylation is 2. The van der Waals surface area contributed by atoms with Gasteiger partial charge in [0.25, 0.3) is 0 Å². The monoisotopic (exact) mass is 452 g/mol. The minimum absolute atomic E-state index is 0.00717. The summed E-state index contributed by atoms with van der Waals surface area (Å²) in [6.45, 7) is 7.70. The Hall–Kier alpha value is -2.90. The molecule has 4 aromatic rings. The third kappa shape index (κ3) is 3.91. The average molecular weight is 453 g/mol. The maximum absolute atomic E-state index is 13.0. The lowest BCUT2D eigenvalue weighted by atomic mass is 10.0. The Morgan fingerprint density at radius 3 is 2.58 bits per heavy atom. The summed E-state index contributed by atoms with van der Waals surface area (Å²) in [7, 11) is 0. The van der Waals surface area contributed by atoms with E-state index in [1.54, 1.807) is 28.9 Å². The largest absolute Gasteiger partial charge is 0.300 e. The molecule has 0 amide bonds. The summed E-state index contributed by atoms with van der Waals surface area (Å²) in [5, 5.41) is 8.94. The van der Waals surface area contributed by atoms with Crippen LogP contribution < -0.4 is 5.56 Å². The van der Waals surface area contributed by atoms with Gasteiger partial charge in [-0.25, -0.2) is 0 Å². The van der Waals surface area contributed by atoms with E-state index in [1.807, 2.05) is 52.0 Å². The van der Waals surface area contributed by atoms with Crippen molar-refractivity contribution in [3.05, 3.63) is 86.4 Å². The van der Waals surface area contributed by atoms with Gasteiger partial charge in [0.2, 0.25) is 5.65 Å². The average Bonchev–Trinajstić information content (AvgIpc) is 3.15. The van der Waals surface area contributed by atoms with E-state index in [0.29, 0.717) is 21.4 Å². The molecule has 31 heavy (non-hydrogen) atoms. The van der Waals surface area contributed by atoms with Crippen molar-refractivity contribution in [2.24, 2.45) is 0 Å². The molecule has 0 N–H and O–H groups in total. The van der Waals surface area contributed by atoms with E-state index in [0.717, 1.165) is 16.7 Å². The standard InChI is InChI=1S/C23H21ClN4O2S/c1-13-8-9-17(12-14(13)2)20(29)16(4)31-23-26-25-21-22(30)27(10-11-28(21)23)19-7-5-6-18(24)15(19)3/h5-12,16H,1-4H3/t16-/m0/s1. The van der Waals surface area contributed by atoms with Crippen molar-refractivity contribution in [2.45, 2.75) is 38.1 Å². The highest BCUT2D eigenvalue weighted by Gasteiger charge is 2.21. The molecule has 0 saturated heterocycles. The minimum atomic E-state index is -0.382. The van der Waals surface area contributed by atoms with E-state index >= 15 is 0 Å². The Kier molecular flexibility index (Phi) is 5.73. The first-order valence-electron chi connectivity index (χ1n) is 9.78. The molecule has 6 nitrogen and oxygen atoms in total. The molecular formula is C23H21ClN4O2S. The molecule has 0 spiro atoms. The maximum Gasteiger partial charge on any atom is 0.300 e. The van der Waals surface area contributed by atoms with E-state index in [-0.39, 0.29) is 22.2 Å². The third-order valence-electron chi connectivity index (χ3n) is 5.38. The van der Waals surface area contributed by atoms with Gasteiger partial charge in [0.05, 0.1) is 10.9 Å². The first-order chi connectivity index (χ1) is 14.8. The highest BCUT2D eigenvalue weighted by Crippen LogP contribution is 2.26. The predicted octanol–water partition coefficient (Wildman–Crippen LogP) is 4.82. The molecule has 2 heterocycles. The molecule has 2 aromatic carbocycles. The minimum Gasteiger partial charge on any atom is -0.293 e. The van der Waals surface area contributed by atoms with Gasteiger partial charge < -0.3 is 0 Å². The Morgan fingerprint density at radius 2 is 1.84 bits per heavy atom. The van der Waals surface area contributed by atoms with Crippen LogP contribution in [0, 0.1) is 20.8 Å². The van der Waals surface area contributed by atoms with E-state index in [4.69, 9.17) is 11.6 Å². The number of Topliss-reactive ketones (excluding diaryl/α,β-unsaturated/α-hetero) is 1. The number of carbonyl (C=O) groups is 1. The van der Waals surface area contributed by atoms with Gasteiger partial charge in [-0.2, -0.15) is 0 Å². The first kappa shape index (κ1) is 21.3. The van der Waals surface area contributed by atoms with Crippen LogP contribution in [0.3, 0.4) is 0 Å². The Labute approximate surface area is 188 Å². The molecule has 4 rings (SSSR count). The molecule has 0 saturated carbocycles. The molecule has 0 unspecified atom stereocenters. The van der Waals surface area contributed by atoms with Crippen molar-refractivity contribution in [3.63, 3.8) is 0 Å². The van der Waals surface area contributed by atoms with Crippen LogP contribution in [0.2, 0.25) is 5.02 Å². The van der Waals surface area contributed by atoms with Gasteiger partial charge in [-0.1, -0.05) is 41.6 Å². The number of fused-ring (bicyclic) bond motifs is 1. The number of nitrogens with zero attached hydrogens (tertiary/aromatic N) is 4. The summed E-state index contributed by atoms with van der Waals surface area (Å²) in [5.74, 6) is 0.00717. The van der Waals surface area contributed by atoms with Crippen molar-refractivity contribution in [1.29, 1.82) is 0 Å². The normalized spacial score (nSPS) is 12.3. The van der Waals surface area contributed by atoms with Crippen molar-refractivity contribution in [1.82, 2.24) is 19.2 Å². The second-order valence-electron chi connectivity index (χ2n) is 7.46. The fourth-order valence-corrected chi connectivity index (χ4v) is 4.41. The van der Waals surface area contributed by atoms with Crippen LogP contribution in [0.1, 0.15) is 34.0 Å². The zero-order valence-electron chi connectivity index (χ0n) is 17.6. The van der Waals surface area contributed by atoms with Crippen molar-refractivity contribution in [2.75, 3.05) is 0 Å². The first-order valence-corrected chi connectivity index (χ1v) is 11.0. The Bertz CT molecular complexity index is 1380. The molecule has 1 atom stereocenters. The highest BCUT2D eigenvalue weighted by molar-refractivity contribution is 8.00. The molecule has 8 heteroatoms. The van der Waals surface area contributed by atoms with Gasteiger partial charge >= 0.3 is 5.56 Å². The number of carbonyl (C=O) groups excluding carboxylic acids is 1. The van der Waals surface area contributed by atoms with Crippen LogP contribution in [0.15, 0.2) is 58.7 Å². The van der Waals surface area contributed by atoms with Crippen LogP contribution in [0.4, 0.5) is 0 Å². The fourth-order valence-electron chi connectivity index (χ4n) is 3.33. The van der Waals surface area contributed by atoms with Crippen LogP contribution in [-0.2, 0) is 0 Å². The number of hydrogen-bond acceptors (Lipinski definition) is 5. The SMILES string of the molecule is Cc1ccc(C(=O)[C@H](C)Sc2nnc3c(=O)n(-c4cccc(Cl)c4C)ccn23)cc1C.